The Bertz CT molecular complexity index is 497. The second kappa shape index (κ2) is 7.88. The number of hydrogen-bond acceptors (Lipinski definition) is 4. The molecule has 1 amide bonds. The molecule has 22 heavy (non-hydrogen) atoms. The Morgan fingerprint density at radius 1 is 1.32 bits per heavy atom. The van der Waals surface area contributed by atoms with Crippen LogP contribution in [0.2, 0.25) is 0 Å². The molecule has 1 aromatic carbocycles. The Morgan fingerprint density at radius 3 is 2.91 bits per heavy atom. The molecule has 1 atom stereocenters. The number of ether oxygens (including phenoxy) is 1. The van der Waals surface area contributed by atoms with Crippen molar-refractivity contribution in [2.45, 2.75) is 44.2 Å². The normalized spacial score (nSPS) is 22.5. The number of rotatable bonds is 5. The summed E-state index contributed by atoms with van der Waals surface area (Å²) < 4.78 is 6.06. The number of para-hydroxylation sites is 2. The molecule has 3 rings (SSSR count). The number of hydrogen-bond donors (Lipinski definition) is 2. The van der Waals surface area contributed by atoms with Crippen LogP contribution in [0, 0.1) is 0 Å². The fourth-order valence-electron chi connectivity index (χ4n) is 3.03. The van der Waals surface area contributed by atoms with Crippen LogP contribution in [0.1, 0.15) is 32.1 Å². The fourth-order valence-corrected chi connectivity index (χ4v) is 3.98. The Kier molecular flexibility index (Phi) is 5.62. The van der Waals surface area contributed by atoms with Crippen LogP contribution in [0.25, 0.3) is 0 Å². The number of amides is 1. The van der Waals surface area contributed by atoms with E-state index in [1.807, 2.05) is 36.0 Å². The lowest BCUT2D eigenvalue weighted by Gasteiger charge is -2.23. The molecule has 4 nitrogen and oxygen atoms in total. The first kappa shape index (κ1) is 15.7. The number of carbonyl (C=O) groups excluding carboxylic acids is 1. The molecule has 1 heterocycles. The number of thioether (sulfide) groups is 1. The Morgan fingerprint density at radius 2 is 2.14 bits per heavy atom. The van der Waals surface area contributed by atoms with Crippen molar-refractivity contribution >= 4 is 23.4 Å². The average molecular weight is 320 g/mol. The Labute approximate surface area is 136 Å². The van der Waals surface area contributed by atoms with Gasteiger partial charge >= 0.3 is 0 Å². The first-order valence-corrected chi connectivity index (χ1v) is 9.33. The van der Waals surface area contributed by atoms with Crippen LogP contribution in [0.3, 0.4) is 0 Å². The zero-order valence-electron chi connectivity index (χ0n) is 12.8. The van der Waals surface area contributed by atoms with Crippen LogP contribution < -0.4 is 15.4 Å². The molecular formula is C17H24N2O2S. The van der Waals surface area contributed by atoms with E-state index >= 15 is 0 Å². The Balaban J connectivity index is 1.57. The number of benzene rings is 1. The SMILES string of the molecule is O=C(CC1CSCCN1)Nc1ccccc1OC1CCCC1. The van der Waals surface area contributed by atoms with Crippen LogP contribution >= 0.6 is 11.8 Å². The number of carbonyl (C=O) groups is 1. The molecule has 0 radical (unpaired) electrons. The van der Waals surface area contributed by atoms with Gasteiger partial charge in [0.2, 0.25) is 5.91 Å². The van der Waals surface area contributed by atoms with E-state index in [1.54, 1.807) is 0 Å². The smallest absolute Gasteiger partial charge is 0.226 e. The van der Waals surface area contributed by atoms with Crippen molar-refractivity contribution in [3.05, 3.63) is 24.3 Å². The van der Waals surface area contributed by atoms with Gasteiger partial charge < -0.3 is 15.4 Å². The van der Waals surface area contributed by atoms with Crippen molar-refractivity contribution in [2.75, 3.05) is 23.4 Å². The van der Waals surface area contributed by atoms with E-state index < -0.39 is 0 Å². The van der Waals surface area contributed by atoms with Gasteiger partial charge in [-0.3, -0.25) is 4.79 Å². The topological polar surface area (TPSA) is 50.4 Å². The molecule has 1 aliphatic carbocycles. The molecule has 0 aromatic heterocycles. The van der Waals surface area contributed by atoms with Gasteiger partial charge in [0.15, 0.2) is 0 Å². The highest BCUT2D eigenvalue weighted by atomic mass is 32.2. The molecule has 2 aliphatic rings. The van der Waals surface area contributed by atoms with Gasteiger partial charge in [-0.2, -0.15) is 11.8 Å². The van der Waals surface area contributed by atoms with E-state index in [1.165, 1.54) is 12.8 Å². The third-order valence-corrected chi connectivity index (χ3v) is 5.32. The molecule has 2 fully saturated rings. The van der Waals surface area contributed by atoms with E-state index in [2.05, 4.69) is 10.6 Å². The van der Waals surface area contributed by atoms with Gasteiger partial charge in [0, 0.05) is 30.5 Å². The summed E-state index contributed by atoms with van der Waals surface area (Å²) in [5.41, 5.74) is 0.794. The summed E-state index contributed by atoms with van der Waals surface area (Å²) in [6, 6.07) is 8.04. The zero-order chi connectivity index (χ0) is 15.2. The second-order valence-corrected chi connectivity index (χ2v) is 7.15. The zero-order valence-corrected chi connectivity index (χ0v) is 13.7. The van der Waals surface area contributed by atoms with E-state index in [4.69, 9.17) is 4.74 Å². The molecule has 1 saturated heterocycles. The maximum absolute atomic E-state index is 12.3. The van der Waals surface area contributed by atoms with Gasteiger partial charge in [0.05, 0.1) is 11.8 Å². The highest BCUT2D eigenvalue weighted by Gasteiger charge is 2.20. The summed E-state index contributed by atoms with van der Waals surface area (Å²) in [5.74, 6) is 3.00. The standard InChI is InChI=1S/C17H24N2O2S/c20-17(11-13-12-22-10-9-18-13)19-15-7-3-4-8-16(15)21-14-5-1-2-6-14/h3-4,7-8,13-14,18H,1-2,5-6,9-12H2,(H,19,20). The Hall–Kier alpha value is -1.20. The van der Waals surface area contributed by atoms with E-state index in [0.717, 1.165) is 42.3 Å². The molecule has 0 spiro atoms. The van der Waals surface area contributed by atoms with Crippen LogP contribution in [0.4, 0.5) is 5.69 Å². The van der Waals surface area contributed by atoms with Gasteiger partial charge in [0.25, 0.3) is 0 Å². The fraction of sp³-hybridized carbons (Fsp3) is 0.588. The first-order valence-electron chi connectivity index (χ1n) is 8.18. The maximum atomic E-state index is 12.3. The molecule has 1 aromatic rings. The van der Waals surface area contributed by atoms with Crippen molar-refractivity contribution in [1.29, 1.82) is 0 Å². The minimum absolute atomic E-state index is 0.0578. The van der Waals surface area contributed by atoms with E-state index in [0.29, 0.717) is 12.5 Å². The van der Waals surface area contributed by atoms with Gasteiger partial charge in [-0.1, -0.05) is 12.1 Å². The van der Waals surface area contributed by atoms with Gasteiger partial charge in [0.1, 0.15) is 5.75 Å². The summed E-state index contributed by atoms with van der Waals surface area (Å²) in [6.07, 6.45) is 5.53. The van der Waals surface area contributed by atoms with Crippen molar-refractivity contribution in [1.82, 2.24) is 5.32 Å². The van der Waals surface area contributed by atoms with Crippen molar-refractivity contribution in [3.63, 3.8) is 0 Å². The number of nitrogens with one attached hydrogen (secondary N) is 2. The molecule has 1 saturated carbocycles. The highest BCUT2D eigenvalue weighted by molar-refractivity contribution is 7.99. The summed E-state index contributed by atoms with van der Waals surface area (Å²) in [6.45, 7) is 0.990. The first-order chi connectivity index (χ1) is 10.8. The van der Waals surface area contributed by atoms with Crippen molar-refractivity contribution in [3.8, 4) is 5.75 Å². The largest absolute Gasteiger partial charge is 0.488 e. The highest BCUT2D eigenvalue weighted by Crippen LogP contribution is 2.29. The van der Waals surface area contributed by atoms with Crippen LogP contribution in [0.5, 0.6) is 5.75 Å². The van der Waals surface area contributed by atoms with Crippen molar-refractivity contribution < 1.29 is 9.53 Å². The van der Waals surface area contributed by atoms with Crippen LogP contribution in [0.15, 0.2) is 24.3 Å². The van der Waals surface area contributed by atoms with Crippen molar-refractivity contribution in [2.24, 2.45) is 0 Å². The van der Waals surface area contributed by atoms with Crippen LogP contribution in [-0.4, -0.2) is 36.1 Å². The lowest BCUT2D eigenvalue weighted by atomic mass is 10.2. The van der Waals surface area contributed by atoms with E-state index in [9.17, 15) is 4.79 Å². The minimum atomic E-state index is 0.0578. The van der Waals surface area contributed by atoms with Gasteiger partial charge in [-0.25, -0.2) is 0 Å². The van der Waals surface area contributed by atoms with E-state index in [-0.39, 0.29) is 11.9 Å². The van der Waals surface area contributed by atoms with Crippen LogP contribution in [-0.2, 0) is 4.79 Å². The quantitative estimate of drug-likeness (QED) is 0.875. The lowest BCUT2D eigenvalue weighted by Crippen LogP contribution is -2.39. The predicted octanol–water partition coefficient (Wildman–Crippen LogP) is 3.04. The third kappa shape index (κ3) is 4.40. The average Bonchev–Trinajstić information content (AvgIpc) is 3.03. The minimum Gasteiger partial charge on any atom is -0.488 e. The summed E-state index contributed by atoms with van der Waals surface area (Å²) in [4.78, 5) is 12.3. The summed E-state index contributed by atoms with van der Waals surface area (Å²) >= 11 is 1.91. The summed E-state index contributed by atoms with van der Waals surface area (Å²) in [5, 5.41) is 6.41. The molecule has 1 unspecified atom stereocenters. The molecular weight excluding hydrogens is 296 g/mol. The summed E-state index contributed by atoms with van der Waals surface area (Å²) in [7, 11) is 0. The monoisotopic (exact) mass is 320 g/mol. The van der Waals surface area contributed by atoms with Gasteiger partial charge in [-0.15, -0.1) is 0 Å². The predicted molar refractivity (Wildman–Crippen MR) is 91.7 cm³/mol. The molecule has 5 heteroatoms. The third-order valence-electron chi connectivity index (χ3n) is 4.19. The molecule has 120 valence electrons. The molecule has 1 aliphatic heterocycles. The second-order valence-electron chi connectivity index (χ2n) is 6.00. The van der Waals surface area contributed by atoms with Gasteiger partial charge in [-0.05, 0) is 37.8 Å². The lowest BCUT2D eigenvalue weighted by molar-refractivity contribution is -0.116. The number of anilines is 1. The maximum Gasteiger partial charge on any atom is 0.226 e. The molecule has 0 bridgehead atoms. The molecule has 2 N–H and O–H groups in total.